The second-order valence-corrected chi connectivity index (χ2v) is 9.83. The van der Waals surface area contributed by atoms with Gasteiger partial charge < -0.3 is 20.3 Å². The first-order valence-corrected chi connectivity index (χ1v) is 12.2. The van der Waals surface area contributed by atoms with Crippen LogP contribution in [0.4, 0.5) is 4.79 Å². The average molecular weight is 435 g/mol. The second-order valence-electron chi connectivity index (χ2n) is 9.83. The Morgan fingerprint density at radius 1 is 1.03 bits per heavy atom. The third-order valence-electron chi connectivity index (χ3n) is 7.73. The number of piperidine rings is 3. The number of likely N-dealkylation sites (tertiary alicyclic amines) is 1. The van der Waals surface area contributed by atoms with Gasteiger partial charge in [0.1, 0.15) is 6.54 Å². The second kappa shape index (κ2) is 10.2. The monoisotopic (exact) mass is 434 g/mol. The lowest BCUT2D eigenvalue weighted by molar-refractivity contribution is -0.139. The summed E-state index contributed by atoms with van der Waals surface area (Å²) in [6, 6.07) is 0.506. The molecule has 1 saturated carbocycles. The van der Waals surface area contributed by atoms with E-state index in [1.54, 1.807) is 0 Å². The molecule has 3 aliphatic heterocycles. The molecule has 0 spiro atoms. The van der Waals surface area contributed by atoms with Crippen molar-refractivity contribution < 1.29 is 19.1 Å². The van der Waals surface area contributed by atoms with E-state index in [1.807, 2.05) is 4.90 Å². The van der Waals surface area contributed by atoms with Gasteiger partial charge in [-0.15, -0.1) is 0 Å². The van der Waals surface area contributed by atoms with Crippen LogP contribution in [0.3, 0.4) is 0 Å². The number of esters is 1. The van der Waals surface area contributed by atoms with E-state index in [0.717, 1.165) is 38.8 Å². The number of hydrogen-bond acceptors (Lipinski definition) is 5. The molecule has 3 saturated heterocycles. The number of carbonyl (C=O) groups excluding carboxylic acids is 3. The van der Waals surface area contributed by atoms with Crippen molar-refractivity contribution in [2.45, 2.75) is 69.9 Å². The number of urea groups is 1. The van der Waals surface area contributed by atoms with Gasteiger partial charge in [0.2, 0.25) is 5.91 Å². The Morgan fingerprint density at radius 3 is 2.55 bits per heavy atom. The Hall–Kier alpha value is -1.83. The molecule has 3 heterocycles. The molecule has 4 fully saturated rings. The highest BCUT2D eigenvalue weighted by molar-refractivity contribution is 5.81. The molecule has 4 rings (SSSR count). The van der Waals surface area contributed by atoms with Crippen molar-refractivity contribution in [1.82, 2.24) is 20.4 Å². The van der Waals surface area contributed by atoms with Crippen LogP contribution in [0.2, 0.25) is 0 Å². The molecule has 0 unspecified atom stereocenters. The molecule has 0 bridgehead atoms. The fraction of sp³-hybridized carbons (Fsp3) is 0.870. The quantitative estimate of drug-likeness (QED) is 0.568. The van der Waals surface area contributed by atoms with Gasteiger partial charge in [0, 0.05) is 31.6 Å². The van der Waals surface area contributed by atoms with E-state index in [4.69, 9.17) is 0 Å². The maximum atomic E-state index is 13.1. The molecule has 0 aromatic carbocycles. The topological polar surface area (TPSA) is 91.0 Å². The summed E-state index contributed by atoms with van der Waals surface area (Å²) in [4.78, 5) is 41.4. The van der Waals surface area contributed by atoms with Crippen molar-refractivity contribution in [2.75, 3.05) is 39.8 Å². The lowest BCUT2D eigenvalue weighted by Crippen LogP contribution is -2.66. The average Bonchev–Trinajstić information content (AvgIpc) is 3.62. The van der Waals surface area contributed by atoms with Gasteiger partial charge in [0.15, 0.2) is 0 Å². The van der Waals surface area contributed by atoms with Crippen LogP contribution in [-0.4, -0.2) is 79.6 Å². The predicted octanol–water partition coefficient (Wildman–Crippen LogP) is 1.74. The highest BCUT2D eigenvalue weighted by atomic mass is 16.5. The van der Waals surface area contributed by atoms with Crippen molar-refractivity contribution in [1.29, 1.82) is 0 Å². The van der Waals surface area contributed by atoms with E-state index in [-0.39, 0.29) is 24.5 Å². The Labute approximate surface area is 185 Å². The molecule has 2 N–H and O–H groups in total. The molecular weight excluding hydrogens is 396 g/mol. The summed E-state index contributed by atoms with van der Waals surface area (Å²) in [7, 11) is 1.33. The maximum Gasteiger partial charge on any atom is 0.325 e. The van der Waals surface area contributed by atoms with Gasteiger partial charge in [0.05, 0.1) is 7.11 Å². The first-order valence-electron chi connectivity index (χ1n) is 12.2. The van der Waals surface area contributed by atoms with E-state index in [1.165, 1.54) is 45.9 Å². The summed E-state index contributed by atoms with van der Waals surface area (Å²) in [6.45, 7) is 3.78. The van der Waals surface area contributed by atoms with Crippen LogP contribution in [-0.2, 0) is 14.3 Å². The van der Waals surface area contributed by atoms with Crippen LogP contribution in [0.5, 0.6) is 0 Å². The minimum atomic E-state index is -0.436. The van der Waals surface area contributed by atoms with E-state index in [2.05, 4.69) is 20.3 Å². The van der Waals surface area contributed by atoms with Crippen molar-refractivity contribution >= 4 is 17.9 Å². The van der Waals surface area contributed by atoms with E-state index in [9.17, 15) is 14.4 Å². The molecule has 0 aromatic rings. The highest BCUT2D eigenvalue weighted by Gasteiger charge is 2.49. The van der Waals surface area contributed by atoms with Crippen molar-refractivity contribution in [3.05, 3.63) is 0 Å². The SMILES string of the molecule is COC(=O)CNC(=O)N1C[C@@H]2CCCN3CCC[C@@H]([C@H]23)[C@H]1CCCC(=O)NCC1CC1. The Balaban J connectivity index is 1.40. The molecule has 3 amide bonds. The fourth-order valence-corrected chi connectivity index (χ4v) is 6.06. The fourth-order valence-electron chi connectivity index (χ4n) is 6.06. The van der Waals surface area contributed by atoms with Gasteiger partial charge >= 0.3 is 12.0 Å². The third-order valence-corrected chi connectivity index (χ3v) is 7.73. The van der Waals surface area contributed by atoms with Gasteiger partial charge in [-0.1, -0.05) is 0 Å². The number of methoxy groups -OCH3 is 1. The van der Waals surface area contributed by atoms with E-state index < -0.39 is 5.97 Å². The minimum absolute atomic E-state index is 0.104. The largest absolute Gasteiger partial charge is 0.468 e. The van der Waals surface area contributed by atoms with Crippen LogP contribution in [0, 0.1) is 17.8 Å². The summed E-state index contributed by atoms with van der Waals surface area (Å²) >= 11 is 0. The summed E-state index contributed by atoms with van der Waals surface area (Å²) in [5, 5.41) is 5.81. The van der Waals surface area contributed by atoms with E-state index >= 15 is 0 Å². The van der Waals surface area contributed by atoms with Gasteiger partial charge in [-0.3, -0.25) is 14.5 Å². The first kappa shape index (κ1) is 22.4. The van der Waals surface area contributed by atoms with Crippen LogP contribution in [0.15, 0.2) is 0 Å². The molecule has 174 valence electrons. The number of nitrogens with zero attached hydrogens (tertiary/aromatic N) is 2. The van der Waals surface area contributed by atoms with Crippen molar-refractivity contribution in [3.63, 3.8) is 0 Å². The lowest BCUT2D eigenvalue weighted by Gasteiger charge is -2.57. The summed E-state index contributed by atoms with van der Waals surface area (Å²) in [6.07, 6.45) is 9.27. The molecule has 0 radical (unpaired) electrons. The zero-order valence-electron chi connectivity index (χ0n) is 18.8. The first-order chi connectivity index (χ1) is 15.1. The zero-order valence-corrected chi connectivity index (χ0v) is 18.8. The highest BCUT2D eigenvalue weighted by Crippen LogP contribution is 2.43. The number of carbonyl (C=O) groups is 3. The van der Waals surface area contributed by atoms with Crippen LogP contribution in [0.25, 0.3) is 0 Å². The Morgan fingerprint density at radius 2 is 1.81 bits per heavy atom. The van der Waals surface area contributed by atoms with Gasteiger partial charge in [-0.2, -0.15) is 0 Å². The van der Waals surface area contributed by atoms with Crippen LogP contribution >= 0.6 is 0 Å². The molecule has 31 heavy (non-hydrogen) atoms. The molecule has 8 nitrogen and oxygen atoms in total. The number of rotatable bonds is 8. The van der Waals surface area contributed by atoms with E-state index in [0.29, 0.717) is 30.2 Å². The Bertz CT molecular complexity index is 666. The summed E-state index contributed by atoms with van der Waals surface area (Å²) < 4.78 is 4.68. The molecule has 1 aliphatic carbocycles. The maximum absolute atomic E-state index is 13.1. The van der Waals surface area contributed by atoms with Gasteiger partial charge in [-0.25, -0.2) is 4.79 Å². The molecule has 8 heteroatoms. The Kier molecular flexibility index (Phi) is 7.35. The van der Waals surface area contributed by atoms with Gasteiger partial charge in [-0.05, 0) is 82.2 Å². The van der Waals surface area contributed by atoms with Crippen LogP contribution < -0.4 is 10.6 Å². The zero-order chi connectivity index (χ0) is 21.8. The minimum Gasteiger partial charge on any atom is -0.468 e. The summed E-state index contributed by atoms with van der Waals surface area (Å²) in [5.41, 5.74) is 0. The summed E-state index contributed by atoms with van der Waals surface area (Å²) in [5.74, 6) is 1.33. The normalized spacial score (nSPS) is 30.3. The molecular formula is C23H38N4O4. The van der Waals surface area contributed by atoms with Crippen LogP contribution in [0.1, 0.15) is 57.8 Å². The van der Waals surface area contributed by atoms with Crippen molar-refractivity contribution in [2.24, 2.45) is 17.8 Å². The van der Waals surface area contributed by atoms with Gasteiger partial charge in [0.25, 0.3) is 0 Å². The smallest absolute Gasteiger partial charge is 0.325 e. The number of hydrogen-bond donors (Lipinski definition) is 2. The molecule has 4 atom stereocenters. The third kappa shape index (κ3) is 5.51. The number of nitrogens with one attached hydrogen (secondary N) is 2. The predicted molar refractivity (Wildman–Crippen MR) is 116 cm³/mol. The van der Waals surface area contributed by atoms with Crippen molar-refractivity contribution in [3.8, 4) is 0 Å². The standard InChI is InChI=1S/C23H38N4O4/c1-31-21(29)14-25-23(30)27-15-17-5-3-11-26-12-4-6-18(22(17)26)19(27)7-2-8-20(28)24-13-16-9-10-16/h16-19,22H,2-15H2,1H3,(H,24,28)(H,25,30)/t17-,18+,19+,22-/m0/s1. The number of ether oxygens (including phenoxy) is 1. The molecule has 4 aliphatic rings. The lowest BCUT2D eigenvalue weighted by atomic mass is 9.69. The number of amides is 3. The molecule has 0 aromatic heterocycles.